The van der Waals surface area contributed by atoms with Crippen LogP contribution in [-0.4, -0.2) is 41.8 Å². The Bertz CT molecular complexity index is 859. The monoisotopic (exact) mass is 360 g/mol. The average Bonchev–Trinajstić information content (AvgIpc) is 2.83. The first-order chi connectivity index (χ1) is 12.3. The van der Waals surface area contributed by atoms with Gasteiger partial charge in [-0.05, 0) is 38.4 Å². The van der Waals surface area contributed by atoms with Crippen molar-refractivity contribution in [1.29, 1.82) is 0 Å². The van der Waals surface area contributed by atoms with Crippen molar-refractivity contribution < 1.29 is 28.0 Å². The molecule has 1 atom stereocenters. The zero-order valence-corrected chi connectivity index (χ0v) is 13.9. The number of halogens is 2. The molecule has 1 heterocycles. The van der Waals surface area contributed by atoms with Gasteiger partial charge in [-0.1, -0.05) is 23.3 Å². The largest absolute Gasteiger partial charge is 0.354 e. The molecule has 0 spiro atoms. The molecule has 26 heavy (non-hydrogen) atoms. The summed E-state index contributed by atoms with van der Waals surface area (Å²) in [7, 11) is 2.83. The van der Waals surface area contributed by atoms with Gasteiger partial charge < -0.3 is 4.84 Å². The maximum Gasteiger partial charge on any atom is 0.354 e. The Morgan fingerprint density at radius 1 is 0.962 bits per heavy atom. The summed E-state index contributed by atoms with van der Waals surface area (Å²) in [6.07, 6.45) is 0. The third-order valence-electron chi connectivity index (χ3n) is 3.95. The van der Waals surface area contributed by atoms with Gasteiger partial charge in [0.1, 0.15) is 17.7 Å². The average molecular weight is 360 g/mol. The highest BCUT2D eigenvalue weighted by Gasteiger charge is 2.41. The lowest BCUT2D eigenvalue weighted by molar-refractivity contribution is -0.174. The van der Waals surface area contributed by atoms with Gasteiger partial charge in [0.05, 0.1) is 16.7 Å². The lowest BCUT2D eigenvalue weighted by atomic mass is 10.0. The zero-order valence-electron chi connectivity index (χ0n) is 13.9. The summed E-state index contributed by atoms with van der Waals surface area (Å²) in [5.74, 6) is -4.67. The van der Waals surface area contributed by atoms with Gasteiger partial charge in [-0.2, -0.15) is 0 Å². The molecule has 1 aliphatic rings. The van der Waals surface area contributed by atoms with Crippen LogP contribution in [0.2, 0.25) is 0 Å². The smallest absolute Gasteiger partial charge is 0.328 e. The van der Waals surface area contributed by atoms with Crippen molar-refractivity contribution in [2.24, 2.45) is 0 Å². The lowest BCUT2D eigenvalue weighted by Gasteiger charge is -2.25. The second-order valence-electron chi connectivity index (χ2n) is 5.86. The summed E-state index contributed by atoms with van der Waals surface area (Å²) < 4.78 is 28.2. The van der Waals surface area contributed by atoms with Crippen LogP contribution in [0.3, 0.4) is 0 Å². The number of nitrogens with zero attached hydrogens (tertiary/aromatic N) is 2. The minimum Gasteiger partial charge on any atom is -0.328 e. The molecule has 134 valence electrons. The highest BCUT2D eigenvalue weighted by molar-refractivity contribution is 6.20. The molecule has 0 aliphatic carbocycles. The molecular formula is C18H14F2N2O4. The van der Waals surface area contributed by atoms with Crippen LogP contribution in [0.15, 0.2) is 42.5 Å². The highest BCUT2D eigenvalue weighted by Crippen LogP contribution is 2.28. The van der Waals surface area contributed by atoms with Crippen LogP contribution < -0.4 is 0 Å². The molecule has 0 radical (unpaired) electrons. The van der Waals surface area contributed by atoms with E-state index in [1.807, 2.05) is 0 Å². The van der Waals surface area contributed by atoms with Crippen LogP contribution in [0.1, 0.15) is 32.3 Å². The molecule has 6 nitrogen and oxygen atoms in total. The second-order valence-corrected chi connectivity index (χ2v) is 5.86. The van der Waals surface area contributed by atoms with Gasteiger partial charge in [0.15, 0.2) is 0 Å². The van der Waals surface area contributed by atoms with Gasteiger partial charge in [0.25, 0.3) is 11.8 Å². The molecule has 0 saturated heterocycles. The SMILES string of the molecule is CN(C)C(C(=O)ON1C(=O)c2ccccc2C1=O)c1c(F)cccc1F. The molecule has 0 N–H and O–H groups in total. The Morgan fingerprint density at radius 2 is 1.46 bits per heavy atom. The standard InChI is InChI=1S/C18H14F2N2O4/c1-21(2)15(14-12(19)8-5-9-13(14)20)18(25)26-22-16(23)10-6-3-4-7-11(10)17(22)24/h3-9,15H,1-2H3. The molecule has 1 unspecified atom stereocenters. The van der Waals surface area contributed by atoms with Crippen LogP contribution in [0.5, 0.6) is 0 Å². The molecule has 3 rings (SSSR count). The normalized spacial score (nSPS) is 14.6. The predicted octanol–water partition coefficient (Wildman–Crippen LogP) is 2.32. The Kier molecular flexibility index (Phi) is 4.52. The second kappa shape index (κ2) is 6.64. The third-order valence-corrected chi connectivity index (χ3v) is 3.95. The summed E-state index contributed by atoms with van der Waals surface area (Å²) in [5.41, 5.74) is -0.355. The van der Waals surface area contributed by atoms with Gasteiger partial charge >= 0.3 is 5.97 Å². The van der Waals surface area contributed by atoms with Gasteiger partial charge in [-0.25, -0.2) is 13.6 Å². The van der Waals surface area contributed by atoms with E-state index in [4.69, 9.17) is 4.84 Å². The van der Waals surface area contributed by atoms with E-state index >= 15 is 0 Å². The van der Waals surface area contributed by atoms with Crippen molar-refractivity contribution in [3.63, 3.8) is 0 Å². The molecular weight excluding hydrogens is 346 g/mol. The van der Waals surface area contributed by atoms with Crippen molar-refractivity contribution in [3.05, 3.63) is 70.8 Å². The van der Waals surface area contributed by atoms with Crippen molar-refractivity contribution in [1.82, 2.24) is 9.96 Å². The number of amides is 2. The minimum absolute atomic E-state index is 0.0868. The fourth-order valence-electron chi connectivity index (χ4n) is 2.75. The number of fused-ring (bicyclic) bond motifs is 1. The van der Waals surface area contributed by atoms with Crippen LogP contribution in [0.4, 0.5) is 8.78 Å². The van der Waals surface area contributed by atoms with Crippen molar-refractivity contribution >= 4 is 17.8 Å². The highest BCUT2D eigenvalue weighted by atomic mass is 19.1. The number of carbonyl (C=O) groups is 3. The molecule has 8 heteroatoms. The van der Waals surface area contributed by atoms with E-state index in [1.54, 1.807) is 12.1 Å². The van der Waals surface area contributed by atoms with Crippen molar-refractivity contribution in [3.8, 4) is 0 Å². The van der Waals surface area contributed by atoms with Gasteiger partial charge in [0.2, 0.25) is 0 Å². The van der Waals surface area contributed by atoms with E-state index in [9.17, 15) is 23.2 Å². The zero-order chi connectivity index (χ0) is 19.0. The fourth-order valence-corrected chi connectivity index (χ4v) is 2.75. The number of benzene rings is 2. The summed E-state index contributed by atoms with van der Waals surface area (Å²) >= 11 is 0. The van der Waals surface area contributed by atoms with E-state index in [0.29, 0.717) is 5.06 Å². The van der Waals surface area contributed by atoms with E-state index in [1.165, 1.54) is 31.1 Å². The summed E-state index contributed by atoms with van der Waals surface area (Å²) in [5, 5.41) is 0.308. The number of imide groups is 1. The quantitative estimate of drug-likeness (QED) is 0.783. The van der Waals surface area contributed by atoms with E-state index in [2.05, 4.69) is 0 Å². The molecule has 1 aliphatic heterocycles. The van der Waals surface area contributed by atoms with E-state index < -0.39 is 41.0 Å². The topological polar surface area (TPSA) is 66.9 Å². The Hall–Kier alpha value is -3.13. The molecule has 2 amide bonds. The Labute approximate surface area is 147 Å². The van der Waals surface area contributed by atoms with Crippen molar-refractivity contribution in [2.45, 2.75) is 6.04 Å². The maximum atomic E-state index is 14.1. The first-order valence-electron chi connectivity index (χ1n) is 7.63. The predicted molar refractivity (Wildman–Crippen MR) is 85.8 cm³/mol. The van der Waals surface area contributed by atoms with Crippen LogP contribution in [-0.2, 0) is 9.63 Å². The molecule has 0 fully saturated rings. The molecule has 2 aromatic rings. The Balaban J connectivity index is 1.91. The molecule has 2 aromatic carbocycles. The first kappa shape index (κ1) is 17.7. The first-order valence-corrected chi connectivity index (χ1v) is 7.63. The number of likely N-dealkylation sites (N-methyl/N-ethyl adjacent to an activating group) is 1. The fraction of sp³-hybridized carbons (Fsp3) is 0.167. The van der Waals surface area contributed by atoms with Gasteiger partial charge in [0, 0.05) is 0 Å². The van der Waals surface area contributed by atoms with E-state index in [0.717, 1.165) is 18.2 Å². The van der Waals surface area contributed by atoms with Crippen LogP contribution >= 0.6 is 0 Å². The summed E-state index contributed by atoms with van der Waals surface area (Å²) in [6.45, 7) is 0. The van der Waals surface area contributed by atoms with E-state index in [-0.39, 0.29) is 11.1 Å². The number of rotatable bonds is 4. The van der Waals surface area contributed by atoms with Gasteiger partial charge in [-0.15, -0.1) is 0 Å². The molecule has 0 bridgehead atoms. The van der Waals surface area contributed by atoms with Crippen LogP contribution in [0, 0.1) is 11.6 Å². The Morgan fingerprint density at radius 3 is 1.92 bits per heavy atom. The van der Waals surface area contributed by atoms with Gasteiger partial charge in [-0.3, -0.25) is 14.5 Å². The number of hydroxylamine groups is 2. The molecule has 0 aromatic heterocycles. The maximum absolute atomic E-state index is 14.1. The summed E-state index contributed by atoms with van der Waals surface area (Å²) in [4.78, 5) is 43.2. The number of hydrogen-bond acceptors (Lipinski definition) is 5. The summed E-state index contributed by atoms with van der Waals surface area (Å²) in [6, 6.07) is 7.65. The van der Waals surface area contributed by atoms with Crippen LogP contribution in [0.25, 0.3) is 0 Å². The molecule has 0 saturated carbocycles. The number of carbonyl (C=O) groups excluding carboxylic acids is 3. The minimum atomic E-state index is -1.49. The van der Waals surface area contributed by atoms with Crippen molar-refractivity contribution in [2.75, 3.05) is 14.1 Å². The number of hydrogen-bond donors (Lipinski definition) is 0. The lowest BCUT2D eigenvalue weighted by Crippen LogP contribution is -2.38. The third kappa shape index (κ3) is 2.84.